The highest BCUT2D eigenvalue weighted by molar-refractivity contribution is 5.74. The van der Waals surface area contributed by atoms with Crippen LogP contribution in [0.3, 0.4) is 0 Å². The molecule has 0 spiro atoms. The number of carbonyl (C=O) groups excluding carboxylic acids is 1. The van der Waals surface area contributed by atoms with Crippen LogP contribution in [0, 0.1) is 0 Å². The van der Waals surface area contributed by atoms with E-state index < -0.39 is 5.97 Å². The number of amides is 2. The molecule has 2 amide bonds. The molecule has 0 saturated carbocycles. The molecular formula is C15H31N3O3. The fourth-order valence-corrected chi connectivity index (χ4v) is 2.14. The molecule has 1 atom stereocenters. The second-order valence-electron chi connectivity index (χ2n) is 5.24. The maximum absolute atomic E-state index is 12.1. The van der Waals surface area contributed by atoms with Gasteiger partial charge < -0.3 is 20.2 Å². The topological polar surface area (TPSA) is 72.9 Å². The van der Waals surface area contributed by atoms with E-state index in [1.807, 2.05) is 13.8 Å². The normalized spacial score (nSPS) is 12.2. The molecule has 0 aliphatic carbocycles. The zero-order chi connectivity index (χ0) is 16.3. The molecule has 2 N–H and O–H groups in total. The summed E-state index contributed by atoms with van der Waals surface area (Å²) in [5.41, 5.74) is 0. The van der Waals surface area contributed by atoms with Gasteiger partial charge in [-0.25, -0.2) is 4.79 Å². The number of aliphatic carboxylic acids is 1. The van der Waals surface area contributed by atoms with Gasteiger partial charge >= 0.3 is 12.0 Å². The summed E-state index contributed by atoms with van der Waals surface area (Å²) in [5, 5.41) is 11.5. The molecule has 0 aliphatic heterocycles. The van der Waals surface area contributed by atoms with E-state index in [4.69, 9.17) is 5.11 Å². The molecule has 0 bridgehead atoms. The van der Waals surface area contributed by atoms with Crippen molar-refractivity contribution in [1.82, 2.24) is 15.1 Å². The highest BCUT2D eigenvalue weighted by atomic mass is 16.4. The third-order valence-corrected chi connectivity index (χ3v) is 3.63. The Morgan fingerprint density at radius 2 is 1.71 bits per heavy atom. The van der Waals surface area contributed by atoms with Crippen LogP contribution >= 0.6 is 0 Å². The number of nitrogens with one attached hydrogen (secondary N) is 1. The summed E-state index contributed by atoms with van der Waals surface area (Å²) in [6.45, 7) is 12.5. The van der Waals surface area contributed by atoms with E-state index in [2.05, 4.69) is 24.1 Å². The standard InChI is InChI=1S/C15H31N3O3/c1-5-17(6-2)11-8-12-18(7-3)15(21)16-13(4)9-10-14(19)20/h13H,5-12H2,1-4H3,(H,16,21)(H,19,20). The second kappa shape index (κ2) is 11.4. The first-order valence-corrected chi connectivity index (χ1v) is 7.94. The lowest BCUT2D eigenvalue weighted by Gasteiger charge is -2.25. The molecule has 0 heterocycles. The van der Waals surface area contributed by atoms with Gasteiger partial charge in [-0.05, 0) is 46.3 Å². The van der Waals surface area contributed by atoms with Gasteiger partial charge in [0.15, 0.2) is 0 Å². The Morgan fingerprint density at radius 3 is 2.19 bits per heavy atom. The maximum atomic E-state index is 12.1. The highest BCUT2D eigenvalue weighted by Gasteiger charge is 2.14. The first-order valence-electron chi connectivity index (χ1n) is 7.94. The Hall–Kier alpha value is -1.30. The Balaban J connectivity index is 4.08. The van der Waals surface area contributed by atoms with Crippen molar-refractivity contribution in [2.75, 3.05) is 32.7 Å². The van der Waals surface area contributed by atoms with Crippen LogP contribution < -0.4 is 5.32 Å². The number of rotatable bonds is 11. The van der Waals surface area contributed by atoms with E-state index in [0.29, 0.717) is 13.0 Å². The van der Waals surface area contributed by atoms with Crippen molar-refractivity contribution >= 4 is 12.0 Å². The zero-order valence-electron chi connectivity index (χ0n) is 13.9. The minimum Gasteiger partial charge on any atom is -0.481 e. The van der Waals surface area contributed by atoms with Gasteiger partial charge in [-0.3, -0.25) is 4.79 Å². The van der Waals surface area contributed by atoms with E-state index >= 15 is 0 Å². The largest absolute Gasteiger partial charge is 0.481 e. The van der Waals surface area contributed by atoms with Crippen LogP contribution in [0.4, 0.5) is 4.79 Å². The summed E-state index contributed by atoms with van der Waals surface area (Å²) >= 11 is 0. The van der Waals surface area contributed by atoms with Gasteiger partial charge in [0.2, 0.25) is 0 Å². The molecule has 6 heteroatoms. The van der Waals surface area contributed by atoms with Crippen LogP contribution in [0.1, 0.15) is 47.0 Å². The molecular weight excluding hydrogens is 270 g/mol. The first-order chi connectivity index (χ1) is 9.94. The Labute approximate surface area is 128 Å². The van der Waals surface area contributed by atoms with Crippen LogP contribution in [-0.2, 0) is 4.79 Å². The molecule has 21 heavy (non-hydrogen) atoms. The Morgan fingerprint density at radius 1 is 1.10 bits per heavy atom. The predicted octanol–water partition coefficient (Wildman–Crippen LogP) is 2.00. The van der Waals surface area contributed by atoms with Crippen LogP contribution in [0.2, 0.25) is 0 Å². The molecule has 0 aliphatic rings. The van der Waals surface area contributed by atoms with Crippen molar-refractivity contribution < 1.29 is 14.7 Å². The molecule has 6 nitrogen and oxygen atoms in total. The van der Waals surface area contributed by atoms with Gasteiger partial charge in [0.25, 0.3) is 0 Å². The third kappa shape index (κ3) is 9.28. The van der Waals surface area contributed by atoms with Gasteiger partial charge in [-0.1, -0.05) is 13.8 Å². The number of nitrogens with zero attached hydrogens (tertiary/aromatic N) is 2. The number of carbonyl (C=O) groups is 2. The van der Waals surface area contributed by atoms with Gasteiger partial charge in [-0.15, -0.1) is 0 Å². The highest BCUT2D eigenvalue weighted by Crippen LogP contribution is 2.00. The van der Waals surface area contributed by atoms with Gasteiger partial charge in [0, 0.05) is 25.6 Å². The third-order valence-electron chi connectivity index (χ3n) is 3.63. The van der Waals surface area contributed by atoms with Crippen LogP contribution in [-0.4, -0.2) is 65.7 Å². The van der Waals surface area contributed by atoms with Gasteiger partial charge in [-0.2, -0.15) is 0 Å². The fraction of sp³-hybridized carbons (Fsp3) is 0.867. The fourth-order valence-electron chi connectivity index (χ4n) is 2.14. The van der Waals surface area contributed by atoms with E-state index in [9.17, 15) is 9.59 Å². The van der Waals surface area contributed by atoms with E-state index in [1.54, 1.807) is 4.90 Å². The van der Waals surface area contributed by atoms with Crippen molar-refractivity contribution in [2.24, 2.45) is 0 Å². The molecule has 0 rings (SSSR count). The summed E-state index contributed by atoms with van der Waals surface area (Å²) in [7, 11) is 0. The van der Waals surface area contributed by atoms with Crippen molar-refractivity contribution in [2.45, 2.75) is 53.0 Å². The summed E-state index contributed by atoms with van der Waals surface area (Å²) in [4.78, 5) is 26.7. The van der Waals surface area contributed by atoms with Crippen LogP contribution in [0.5, 0.6) is 0 Å². The SMILES string of the molecule is CCN(CC)CCCN(CC)C(=O)NC(C)CCC(=O)O. The average molecular weight is 301 g/mol. The lowest BCUT2D eigenvalue weighted by molar-refractivity contribution is -0.137. The van der Waals surface area contributed by atoms with Gasteiger partial charge in [0.1, 0.15) is 0 Å². The smallest absolute Gasteiger partial charge is 0.317 e. The quantitative estimate of drug-likeness (QED) is 0.612. The maximum Gasteiger partial charge on any atom is 0.317 e. The Kier molecular flexibility index (Phi) is 10.7. The van der Waals surface area contributed by atoms with Crippen molar-refractivity contribution in [3.63, 3.8) is 0 Å². The molecule has 0 aromatic rings. The lowest BCUT2D eigenvalue weighted by atomic mass is 10.2. The second-order valence-corrected chi connectivity index (χ2v) is 5.24. The minimum absolute atomic E-state index is 0.0789. The molecule has 0 aromatic carbocycles. The first kappa shape index (κ1) is 19.7. The van der Waals surface area contributed by atoms with E-state index in [1.165, 1.54) is 0 Å². The van der Waals surface area contributed by atoms with Crippen LogP contribution in [0.25, 0.3) is 0 Å². The lowest BCUT2D eigenvalue weighted by Crippen LogP contribution is -2.44. The number of carboxylic acid groups (broad SMARTS) is 1. The number of hydrogen-bond acceptors (Lipinski definition) is 3. The van der Waals surface area contributed by atoms with Crippen LogP contribution in [0.15, 0.2) is 0 Å². The minimum atomic E-state index is -0.831. The van der Waals surface area contributed by atoms with Crippen molar-refractivity contribution in [3.8, 4) is 0 Å². The molecule has 0 saturated heterocycles. The zero-order valence-corrected chi connectivity index (χ0v) is 13.9. The van der Waals surface area contributed by atoms with Gasteiger partial charge in [0.05, 0.1) is 0 Å². The summed E-state index contributed by atoms with van der Waals surface area (Å²) in [6, 6.07) is -0.222. The number of carboxylic acids is 1. The number of hydrogen-bond donors (Lipinski definition) is 2. The number of urea groups is 1. The Bertz CT molecular complexity index is 307. The van der Waals surface area contributed by atoms with E-state index in [0.717, 1.165) is 32.6 Å². The molecule has 0 radical (unpaired) electrons. The summed E-state index contributed by atoms with van der Waals surface area (Å²) in [5.74, 6) is -0.831. The molecule has 1 unspecified atom stereocenters. The van der Waals surface area contributed by atoms with Crippen molar-refractivity contribution in [3.05, 3.63) is 0 Å². The van der Waals surface area contributed by atoms with Crippen molar-refractivity contribution in [1.29, 1.82) is 0 Å². The van der Waals surface area contributed by atoms with E-state index in [-0.39, 0.29) is 18.5 Å². The molecule has 124 valence electrons. The summed E-state index contributed by atoms with van der Waals surface area (Å²) in [6.07, 6.45) is 1.49. The predicted molar refractivity (Wildman–Crippen MR) is 84.5 cm³/mol. The monoisotopic (exact) mass is 301 g/mol. The summed E-state index contributed by atoms with van der Waals surface area (Å²) < 4.78 is 0. The average Bonchev–Trinajstić information content (AvgIpc) is 2.45. The molecule has 0 aromatic heterocycles. The molecule has 0 fully saturated rings.